The number of aliphatic hydroxyl groups is 1. The van der Waals surface area contributed by atoms with Gasteiger partial charge in [-0.1, -0.05) is 43.6 Å². The number of rotatable bonds is 11. The van der Waals surface area contributed by atoms with E-state index >= 15 is 0 Å². The number of hydrogen-bond acceptors (Lipinski definition) is 6. The SMILES string of the molecule is CCc1ccc(Cl)cc1OC[C@@H](O)CNC(C)(C)CNc1ccc(C2=NNC(=O)C[C@H]2C)cc1. The van der Waals surface area contributed by atoms with Crippen LogP contribution in [0.25, 0.3) is 0 Å². The van der Waals surface area contributed by atoms with Crippen molar-refractivity contribution in [1.29, 1.82) is 0 Å². The fourth-order valence-electron chi connectivity index (χ4n) is 3.74. The van der Waals surface area contributed by atoms with Crippen molar-refractivity contribution in [3.05, 3.63) is 58.6 Å². The summed E-state index contributed by atoms with van der Waals surface area (Å²) < 4.78 is 5.82. The number of carbonyl (C=O) groups is 1. The highest BCUT2D eigenvalue weighted by atomic mass is 35.5. The average Bonchev–Trinajstić information content (AvgIpc) is 2.81. The standard InChI is InChI=1S/C26H35ClN4O3/c1-5-18-6-9-20(27)13-23(18)34-15-22(32)14-29-26(3,4)16-28-21-10-7-19(8-11-21)25-17(2)12-24(33)30-31-25/h6-11,13,17,22,28-29,32H,5,12,14-16H2,1-4H3,(H,30,33)/t17-,22+/m1/s1. The Bertz CT molecular complexity index is 1010. The fraction of sp³-hybridized carbons (Fsp3) is 0.462. The highest BCUT2D eigenvalue weighted by Gasteiger charge is 2.22. The van der Waals surface area contributed by atoms with Gasteiger partial charge >= 0.3 is 0 Å². The number of amides is 1. The first-order valence-electron chi connectivity index (χ1n) is 11.7. The quantitative estimate of drug-likeness (QED) is 0.385. The van der Waals surface area contributed by atoms with E-state index in [0.717, 1.165) is 34.7 Å². The molecule has 0 aliphatic carbocycles. The molecular weight excluding hydrogens is 452 g/mol. The molecule has 4 N–H and O–H groups in total. The first-order chi connectivity index (χ1) is 16.2. The number of nitrogens with zero attached hydrogens (tertiary/aromatic N) is 1. The zero-order chi connectivity index (χ0) is 24.7. The second-order valence-corrected chi connectivity index (χ2v) is 9.84. The molecule has 0 radical (unpaired) electrons. The van der Waals surface area contributed by atoms with Crippen LogP contribution in [0.15, 0.2) is 47.6 Å². The third-order valence-corrected chi connectivity index (χ3v) is 6.07. The van der Waals surface area contributed by atoms with Gasteiger partial charge in [-0.15, -0.1) is 0 Å². The van der Waals surface area contributed by atoms with Crippen LogP contribution in [-0.4, -0.2) is 48.1 Å². The molecule has 1 aliphatic rings. The molecule has 1 amide bonds. The van der Waals surface area contributed by atoms with E-state index in [-0.39, 0.29) is 24.0 Å². The van der Waals surface area contributed by atoms with Crippen LogP contribution >= 0.6 is 11.6 Å². The van der Waals surface area contributed by atoms with E-state index in [1.165, 1.54) is 0 Å². The number of aliphatic hydroxyl groups excluding tert-OH is 1. The number of aryl methyl sites for hydroxylation is 1. The van der Waals surface area contributed by atoms with Gasteiger partial charge in [0, 0.05) is 41.7 Å². The molecule has 0 saturated heterocycles. The molecule has 0 saturated carbocycles. The molecule has 1 heterocycles. The first kappa shape index (κ1) is 26.0. The van der Waals surface area contributed by atoms with Crippen LogP contribution < -0.4 is 20.8 Å². The van der Waals surface area contributed by atoms with Crippen molar-refractivity contribution in [1.82, 2.24) is 10.7 Å². The van der Waals surface area contributed by atoms with Crippen molar-refractivity contribution < 1.29 is 14.6 Å². The number of hydrogen-bond donors (Lipinski definition) is 4. The molecule has 2 aromatic rings. The summed E-state index contributed by atoms with van der Waals surface area (Å²) >= 11 is 6.07. The number of β-amino-alcohol motifs (C(OH)–C–C–N with tert-alkyl or cyclic N) is 1. The van der Waals surface area contributed by atoms with Gasteiger partial charge in [0.1, 0.15) is 18.5 Å². The van der Waals surface area contributed by atoms with E-state index in [9.17, 15) is 9.90 Å². The summed E-state index contributed by atoms with van der Waals surface area (Å²) in [6.07, 6.45) is 0.638. The van der Waals surface area contributed by atoms with Crippen LogP contribution in [0.1, 0.15) is 45.2 Å². The van der Waals surface area contributed by atoms with Gasteiger partial charge in [0.2, 0.25) is 5.91 Å². The summed E-state index contributed by atoms with van der Waals surface area (Å²) in [5, 5.41) is 22.1. The monoisotopic (exact) mass is 486 g/mol. The van der Waals surface area contributed by atoms with E-state index in [2.05, 4.69) is 41.9 Å². The van der Waals surface area contributed by atoms with Crippen molar-refractivity contribution in [3.8, 4) is 5.75 Å². The molecular formula is C26H35ClN4O3. The lowest BCUT2D eigenvalue weighted by Crippen LogP contribution is -2.49. The Hall–Kier alpha value is -2.61. The summed E-state index contributed by atoms with van der Waals surface area (Å²) in [4.78, 5) is 11.5. The Morgan fingerprint density at radius 3 is 2.68 bits per heavy atom. The molecule has 7 nitrogen and oxygen atoms in total. The molecule has 34 heavy (non-hydrogen) atoms. The lowest BCUT2D eigenvalue weighted by atomic mass is 9.94. The van der Waals surface area contributed by atoms with Crippen molar-refractivity contribution in [2.24, 2.45) is 11.0 Å². The number of anilines is 1. The molecule has 1 aliphatic heterocycles. The Balaban J connectivity index is 1.45. The van der Waals surface area contributed by atoms with Gasteiger partial charge in [0.25, 0.3) is 0 Å². The molecule has 2 aromatic carbocycles. The van der Waals surface area contributed by atoms with Crippen molar-refractivity contribution >= 4 is 28.9 Å². The molecule has 184 valence electrons. The van der Waals surface area contributed by atoms with Crippen LogP contribution in [0.5, 0.6) is 5.75 Å². The third kappa shape index (κ3) is 7.45. The molecule has 0 fully saturated rings. The van der Waals surface area contributed by atoms with Crippen LogP contribution in [0.2, 0.25) is 5.02 Å². The highest BCUT2D eigenvalue weighted by Crippen LogP contribution is 2.24. The molecule has 0 aromatic heterocycles. The second kappa shape index (κ2) is 11.7. The minimum Gasteiger partial charge on any atom is -0.491 e. The normalized spacial score (nSPS) is 17.1. The van der Waals surface area contributed by atoms with Crippen LogP contribution in [0.4, 0.5) is 5.69 Å². The van der Waals surface area contributed by atoms with Crippen LogP contribution in [-0.2, 0) is 11.2 Å². The molecule has 2 atom stereocenters. The lowest BCUT2D eigenvalue weighted by molar-refractivity contribution is -0.121. The minimum absolute atomic E-state index is 0.0453. The van der Waals surface area contributed by atoms with E-state index in [1.54, 1.807) is 6.07 Å². The zero-order valence-electron chi connectivity index (χ0n) is 20.3. The summed E-state index contributed by atoms with van der Waals surface area (Å²) in [6.45, 7) is 9.48. The molecule has 0 spiro atoms. The van der Waals surface area contributed by atoms with Gasteiger partial charge in [0.05, 0.1) is 5.71 Å². The van der Waals surface area contributed by atoms with Gasteiger partial charge in [0.15, 0.2) is 0 Å². The van der Waals surface area contributed by atoms with Gasteiger partial charge in [-0.05, 0) is 55.7 Å². The molecule has 0 bridgehead atoms. The van der Waals surface area contributed by atoms with Crippen LogP contribution in [0.3, 0.4) is 0 Å². The minimum atomic E-state index is -0.652. The molecule has 0 unspecified atom stereocenters. The van der Waals surface area contributed by atoms with Gasteiger partial charge in [-0.2, -0.15) is 5.10 Å². The van der Waals surface area contributed by atoms with Gasteiger partial charge in [-0.3, -0.25) is 4.79 Å². The van der Waals surface area contributed by atoms with E-state index in [1.807, 2.05) is 43.3 Å². The predicted molar refractivity (Wildman–Crippen MR) is 138 cm³/mol. The third-order valence-electron chi connectivity index (χ3n) is 5.83. The summed E-state index contributed by atoms with van der Waals surface area (Å²) in [6, 6.07) is 13.6. The predicted octanol–water partition coefficient (Wildman–Crippen LogP) is 3.98. The maximum absolute atomic E-state index is 11.5. The van der Waals surface area contributed by atoms with E-state index < -0.39 is 6.10 Å². The van der Waals surface area contributed by atoms with Gasteiger partial charge < -0.3 is 20.5 Å². The van der Waals surface area contributed by atoms with Gasteiger partial charge in [-0.25, -0.2) is 5.43 Å². The summed E-state index contributed by atoms with van der Waals surface area (Å²) in [7, 11) is 0. The number of halogens is 1. The summed E-state index contributed by atoms with van der Waals surface area (Å²) in [5.74, 6) is 0.768. The van der Waals surface area contributed by atoms with Crippen molar-refractivity contribution in [3.63, 3.8) is 0 Å². The van der Waals surface area contributed by atoms with E-state index in [0.29, 0.717) is 24.5 Å². The Labute approximate surface area is 206 Å². The van der Waals surface area contributed by atoms with E-state index in [4.69, 9.17) is 16.3 Å². The fourth-order valence-corrected chi connectivity index (χ4v) is 3.90. The maximum atomic E-state index is 11.5. The second-order valence-electron chi connectivity index (χ2n) is 9.40. The topological polar surface area (TPSA) is 95.0 Å². The Morgan fingerprint density at radius 1 is 1.26 bits per heavy atom. The lowest BCUT2D eigenvalue weighted by Gasteiger charge is -2.29. The number of ether oxygens (including phenoxy) is 1. The number of benzene rings is 2. The van der Waals surface area contributed by atoms with Crippen molar-refractivity contribution in [2.75, 3.05) is 25.0 Å². The first-order valence-corrected chi connectivity index (χ1v) is 12.1. The van der Waals surface area contributed by atoms with Crippen LogP contribution in [0, 0.1) is 5.92 Å². The number of nitrogens with one attached hydrogen (secondary N) is 3. The van der Waals surface area contributed by atoms with Crippen molar-refractivity contribution in [2.45, 2.75) is 52.2 Å². The largest absolute Gasteiger partial charge is 0.491 e. The Kier molecular flexibility index (Phi) is 8.94. The molecule has 3 rings (SSSR count). The summed E-state index contributed by atoms with van der Waals surface area (Å²) in [5.41, 5.74) is 6.26. The zero-order valence-corrected chi connectivity index (χ0v) is 21.1. The smallest absolute Gasteiger partial charge is 0.240 e. The number of carbonyl (C=O) groups excluding carboxylic acids is 1. The Morgan fingerprint density at radius 2 is 2.00 bits per heavy atom. The maximum Gasteiger partial charge on any atom is 0.240 e. The average molecular weight is 487 g/mol. The highest BCUT2D eigenvalue weighted by molar-refractivity contribution is 6.30. The molecule has 8 heteroatoms. The number of hydrazone groups is 1.